The molecule has 1 aromatic heterocycles. The second-order valence-corrected chi connectivity index (χ2v) is 3.57. The Bertz CT molecular complexity index is 510. The van der Waals surface area contributed by atoms with Gasteiger partial charge in [-0.05, 0) is 31.2 Å². The van der Waals surface area contributed by atoms with E-state index < -0.39 is 0 Å². The Hall–Kier alpha value is -2.01. The standard InChI is InChI=1S/C12H13FN4/c1-8-12(9-3-5-10(13)6-4-9)15-7-11(16-8)17-14-2/h3-7,14H,1-2H3,(H,16,17). The lowest BCUT2D eigenvalue weighted by Gasteiger charge is -2.07. The summed E-state index contributed by atoms with van der Waals surface area (Å²) < 4.78 is 12.8. The molecule has 0 atom stereocenters. The molecule has 4 nitrogen and oxygen atoms in total. The molecule has 0 aliphatic carbocycles. The highest BCUT2D eigenvalue weighted by molar-refractivity contribution is 5.62. The zero-order valence-corrected chi connectivity index (χ0v) is 9.66. The van der Waals surface area contributed by atoms with E-state index in [0.29, 0.717) is 5.82 Å². The molecule has 0 bridgehead atoms. The van der Waals surface area contributed by atoms with Gasteiger partial charge in [0.15, 0.2) is 5.82 Å². The SMILES string of the molecule is CNNc1cnc(-c2ccc(F)cc2)c(C)n1. The normalized spacial score (nSPS) is 10.3. The number of nitrogens with zero attached hydrogens (tertiary/aromatic N) is 2. The maximum absolute atomic E-state index is 12.8. The average Bonchev–Trinajstić information content (AvgIpc) is 2.31. The van der Waals surface area contributed by atoms with Crippen LogP contribution in [0.4, 0.5) is 10.2 Å². The number of hydrazine groups is 1. The molecule has 0 spiro atoms. The molecule has 0 unspecified atom stereocenters. The monoisotopic (exact) mass is 232 g/mol. The second kappa shape index (κ2) is 4.88. The van der Waals surface area contributed by atoms with Crippen molar-refractivity contribution in [1.29, 1.82) is 0 Å². The Balaban J connectivity index is 2.36. The lowest BCUT2D eigenvalue weighted by atomic mass is 10.1. The van der Waals surface area contributed by atoms with E-state index in [2.05, 4.69) is 20.8 Å². The van der Waals surface area contributed by atoms with Crippen LogP contribution in [-0.4, -0.2) is 17.0 Å². The highest BCUT2D eigenvalue weighted by Gasteiger charge is 2.06. The van der Waals surface area contributed by atoms with Gasteiger partial charge in [0.05, 0.1) is 17.6 Å². The molecular weight excluding hydrogens is 219 g/mol. The zero-order chi connectivity index (χ0) is 12.3. The van der Waals surface area contributed by atoms with E-state index in [-0.39, 0.29) is 5.82 Å². The Kier molecular flexibility index (Phi) is 3.30. The number of nitrogens with one attached hydrogen (secondary N) is 2. The maximum atomic E-state index is 12.8. The number of benzene rings is 1. The molecule has 0 saturated heterocycles. The predicted octanol–water partition coefficient (Wildman–Crippen LogP) is 2.14. The molecule has 17 heavy (non-hydrogen) atoms. The van der Waals surface area contributed by atoms with E-state index in [9.17, 15) is 4.39 Å². The number of aryl methyl sites for hydroxylation is 1. The first-order valence-corrected chi connectivity index (χ1v) is 5.23. The number of anilines is 1. The third-order valence-corrected chi connectivity index (χ3v) is 2.32. The summed E-state index contributed by atoms with van der Waals surface area (Å²) in [4.78, 5) is 8.64. The Morgan fingerprint density at radius 2 is 1.88 bits per heavy atom. The summed E-state index contributed by atoms with van der Waals surface area (Å²) in [7, 11) is 1.75. The summed E-state index contributed by atoms with van der Waals surface area (Å²) in [5.74, 6) is 0.392. The minimum absolute atomic E-state index is 0.257. The van der Waals surface area contributed by atoms with Crippen molar-refractivity contribution in [3.63, 3.8) is 0 Å². The fourth-order valence-corrected chi connectivity index (χ4v) is 1.56. The van der Waals surface area contributed by atoms with E-state index in [1.807, 2.05) is 6.92 Å². The van der Waals surface area contributed by atoms with Crippen LogP contribution in [-0.2, 0) is 0 Å². The van der Waals surface area contributed by atoms with Gasteiger partial charge in [-0.25, -0.2) is 14.8 Å². The molecule has 2 rings (SSSR count). The molecule has 2 N–H and O–H groups in total. The summed E-state index contributed by atoms with van der Waals surface area (Å²) >= 11 is 0. The highest BCUT2D eigenvalue weighted by Crippen LogP contribution is 2.20. The molecule has 0 aliphatic rings. The molecule has 1 heterocycles. The number of rotatable bonds is 3. The lowest BCUT2D eigenvalue weighted by molar-refractivity contribution is 0.628. The number of aromatic nitrogens is 2. The Morgan fingerprint density at radius 1 is 1.18 bits per heavy atom. The van der Waals surface area contributed by atoms with Gasteiger partial charge in [-0.2, -0.15) is 0 Å². The van der Waals surface area contributed by atoms with Crippen molar-refractivity contribution >= 4 is 5.82 Å². The van der Waals surface area contributed by atoms with Crippen molar-refractivity contribution in [1.82, 2.24) is 15.4 Å². The van der Waals surface area contributed by atoms with Crippen LogP contribution in [0, 0.1) is 12.7 Å². The van der Waals surface area contributed by atoms with Gasteiger partial charge in [0.25, 0.3) is 0 Å². The summed E-state index contributed by atoms with van der Waals surface area (Å²) in [6, 6.07) is 6.21. The zero-order valence-electron chi connectivity index (χ0n) is 9.66. The number of hydrogen-bond donors (Lipinski definition) is 2. The van der Waals surface area contributed by atoms with Crippen molar-refractivity contribution in [3.8, 4) is 11.3 Å². The van der Waals surface area contributed by atoms with Gasteiger partial charge in [-0.1, -0.05) is 0 Å². The first-order valence-electron chi connectivity index (χ1n) is 5.23. The molecule has 2 aromatic rings. The minimum atomic E-state index is -0.257. The Morgan fingerprint density at radius 3 is 2.47 bits per heavy atom. The molecule has 0 radical (unpaired) electrons. The maximum Gasteiger partial charge on any atom is 0.159 e. The van der Waals surface area contributed by atoms with Crippen molar-refractivity contribution in [2.24, 2.45) is 0 Å². The lowest BCUT2D eigenvalue weighted by Crippen LogP contribution is -2.16. The third kappa shape index (κ3) is 2.57. The summed E-state index contributed by atoms with van der Waals surface area (Å²) in [6.07, 6.45) is 1.63. The van der Waals surface area contributed by atoms with Crippen LogP contribution in [0.15, 0.2) is 30.5 Å². The first-order chi connectivity index (χ1) is 8.20. The number of hydrogen-bond acceptors (Lipinski definition) is 4. The highest BCUT2D eigenvalue weighted by atomic mass is 19.1. The van der Waals surface area contributed by atoms with Crippen LogP contribution in [0.25, 0.3) is 11.3 Å². The second-order valence-electron chi connectivity index (χ2n) is 3.57. The molecule has 0 saturated carbocycles. The quantitative estimate of drug-likeness (QED) is 0.796. The third-order valence-electron chi connectivity index (χ3n) is 2.32. The van der Waals surface area contributed by atoms with E-state index in [1.165, 1.54) is 12.1 Å². The molecule has 1 aromatic carbocycles. The fourth-order valence-electron chi connectivity index (χ4n) is 1.56. The van der Waals surface area contributed by atoms with Gasteiger partial charge in [0.1, 0.15) is 5.82 Å². The van der Waals surface area contributed by atoms with Crippen molar-refractivity contribution in [3.05, 3.63) is 42.0 Å². The average molecular weight is 232 g/mol. The first kappa shape index (κ1) is 11.5. The molecular formula is C12H13FN4. The molecule has 5 heteroatoms. The number of halogens is 1. The van der Waals surface area contributed by atoms with Crippen LogP contribution in [0.1, 0.15) is 5.69 Å². The van der Waals surface area contributed by atoms with Crippen molar-refractivity contribution in [2.45, 2.75) is 6.92 Å². The molecule has 88 valence electrons. The molecule has 0 amide bonds. The van der Waals surface area contributed by atoms with E-state index in [1.54, 1.807) is 25.4 Å². The van der Waals surface area contributed by atoms with Gasteiger partial charge in [-0.15, -0.1) is 0 Å². The topological polar surface area (TPSA) is 49.8 Å². The van der Waals surface area contributed by atoms with Crippen molar-refractivity contribution < 1.29 is 4.39 Å². The van der Waals surface area contributed by atoms with Gasteiger partial charge >= 0.3 is 0 Å². The van der Waals surface area contributed by atoms with Crippen LogP contribution in [0.5, 0.6) is 0 Å². The van der Waals surface area contributed by atoms with Gasteiger partial charge in [0, 0.05) is 12.6 Å². The summed E-state index contributed by atoms with van der Waals surface area (Å²) in [5, 5.41) is 0. The molecule has 0 fully saturated rings. The predicted molar refractivity (Wildman–Crippen MR) is 64.8 cm³/mol. The molecule has 0 aliphatic heterocycles. The van der Waals surface area contributed by atoms with E-state index >= 15 is 0 Å². The fraction of sp³-hybridized carbons (Fsp3) is 0.167. The smallest absolute Gasteiger partial charge is 0.159 e. The minimum Gasteiger partial charge on any atom is -0.305 e. The van der Waals surface area contributed by atoms with Gasteiger partial charge in [-0.3, -0.25) is 4.98 Å². The van der Waals surface area contributed by atoms with E-state index in [4.69, 9.17) is 0 Å². The van der Waals surface area contributed by atoms with Gasteiger partial charge < -0.3 is 5.43 Å². The van der Waals surface area contributed by atoms with Crippen LogP contribution >= 0.6 is 0 Å². The van der Waals surface area contributed by atoms with Crippen LogP contribution in [0.2, 0.25) is 0 Å². The Labute approximate surface area is 98.9 Å². The van der Waals surface area contributed by atoms with E-state index in [0.717, 1.165) is 17.0 Å². The summed E-state index contributed by atoms with van der Waals surface area (Å²) in [6.45, 7) is 1.87. The van der Waals surface area contributed by atoms with Crippen molar-refractivity contribution in [2.75, 3.05) is 12.5 Å². The summed E-state index contributed by atoms with van der Waals surface area (Å²) in [5.41, 5.74) is 8.03. The largest absolute Gasteiger partial charge is 0.305 e. The van der Waals surface area contributed by atoms with Crippen LogP contribution < -0.4 is 10.9 Å². The van der Waals surface area contributed by atoms with Crippen LogP contribution in [0.3, 0.4) is 0 Å². The van der Waals surface area contributed by atoms with Gasteiger partial charge in [0.2, 0.25) is 0 Å².